The first kappa shape index (κ1) is 45.2. The lowest BCUT2D eigenvalue weighted by molar-refractivity contribution is -0.137. The van der Waals surface area contributed by atoms with E-state index in [9.17, 15) is 57.9 Å². The van der Waals surface area contributed by atoms with Gasteiger partial charge >= 0.3 is 23.5 Å². The smallest absolute Gasteiger partial charge is 0.386 e. The number of rotatable bonds is 21. The molecule has 300 valence electrons. The Balaban J connectivity index is 1.52. The highest BCUT2D eigenvalue weighted by atomic mass is 35.5. The average molecular weight is 858 g/mol. The Morgan fingerprint density at radius 2 is 1.75 bits per heavy atom. The molecule has 1 aliphatic rings. The number of imidazole rings is 1. The van der Waals surface area contributed by atoms with E-state index in [1.165, 1.54) is 13.8 Å². The molecule has 1 aliphatic heterocycles. The van der Waals surface area contributed by atoms with E-state index in [0.717, 1.165) is 29.0 Å². The molecule has 1 fully saturated rings. The first-order chi connectivity index (χ1) is 24.6. The summed E-state index contributed by atoms with van der Waals surface area (Å²) in [6.07, 6.45) is -6.73. The van der Waals surface area contributed by atoms with E-state index in [1.807, 2.05) is 0 Å². The van der Waals surface area contributed by atoms with E-state index in [1.54, 1.807) is 0 Å². The zero-order valence-electron chi connectivity index (χ0n) is 27.9. The Labute approximate surface area is 309 Å². The molecule has 3 heterocycles. The molecule has 0 saturated carbocycles. The van der Waals surface area contributed by atoms with Crippen molar-refractivity contribution in [2.24, 2.45) is 5.41 Å². The van der Waals surface area contributed by atoms with Crippen LogP contribution < -0.4 is 16.4 Å². The minimum absolute atomic E-state index is 0.0287. The van der Waals surface area contributed by atoms with Gasteiger partial charge in [-0.3, -0.25) is 32.5 Å². The molecule has 2 aromatic heterocycles. The summed E-state index contributed by atoms with van der Waals surface area (Å²) in [7, 11) is -16.4. The molecular weight excluding hydrogens is 819 g/mol. The standard InChI is InChI=1S/C24H39ClN7O17P3S/c1-24(2,19(36)22(37)28-6-4-14(33)27-7-8-53-15(34)3-5-25)10-46-52(43,44)49-51(41,42)45-9-13-18(48-50(38,39)40)17(35)23(47-13)32-12-31-16-20(26)29-11-30-21(16)32/h11-13,17-19,23,35-36H,3-10H2,1-2H3,(H,27,33)(H,28,37)(H,41,42)(H,43,44)(H2,26,29,30)(H2,38,39,40)/t13-,17+,18+,19+,23-/m0/s1. The Morgan fingerprint density at radius 3 is 2.42 bits per heavy atom. The average Bonchev–Trinajstić information content (AvgIpc) is 3.61. The van der Waals surface area contributed by atoms with Gasteiger partial charge in [-0.2, -0.15) is 4.31 Å². The summed E-state index contributed by atoms with van der Waals surface area (Å²) in [6.45, 7) is 0.451. The molecule has 2 amide bonds. The highest BCUT2D eigenvalue weighted by Crippen LogP contribution is 2.61. The molecule has 0 bridgehead atoms. The van der Waals surface area contributed by atoms with E-state index in [-0.39, 0.29) is 53.9 Å². The molecule has 0 aromatic carbocycles. The van der Waals surface area contributed by atoms with Gasteiger partial charge in [0.2, 0.25) is 11.8 Å². The second-order valence-corrected chi connectivity index (χ2v) is 17.5. The highest BCUT2D eigenvalue weighted by molar-refractivity contribution is 8.13. The lowest BCUT2D eigenvalue weighted by Gasteiger charge is -2.30. The summed E-state index contributed by atoms with van der Waals surface area (Å²) >= 11 is 6.49. The molecule has 29 heteroatoms. The normalized spacial score (nSPS) is 22.2. The van der Waals surface area contributed by atoms with Crippen LogP contribution in [0.1, 0.15) is 32.9 Å². The number of halogens is 1. The van der Waals surface area contributed by atoms with Crippen LogP contribution in [-0.2, 0) is 50.7 Å². The molecular formula is C24H39ClN7O17P3S. The van der Waals surface area contributed by atoms with Gasteiger partial charge in [0.25, 0.3) is 0 Å². The van der Waals surface area contributed by atoms with Gasteiger partial charge in [0.15, 0.2) is 22.8 Å². The Bertz CT molecular complexity index is 1750. The van der Waals surface area contributed by atoms with Gasteiger partial charge in [0, 0.05) is 43.0 Å². The van der Waals surface area contributed by atoms with Crippen molar-refractivity contribution in [1.82, 2.24) is 30.2 Å². The van der Waals surface area contributed by atoms with E-state index < -0.39 is 84.6 Å². The number of nitrogens with two attached hydrogens (primary N) is 1. The van der Waals surface area contributed by atoms with Gasteiger partial charge < -0.3 is 50.9 Å². The summed E-state index contributed by atoms with van der Waals surface area (Å²) in [4.78, 5) is 86.7. The number of anilines is 1. The van der Waals surface area contributed by atoms with Crippen LogP contribution in [0.4, 0.5) is 5.82 Å². The molecule has 1 saturated heterocycles. The molecule has 0 aliphatic carbocycles. The number of aliphatic hydroxyl groups excluding tert-OH is 2. The molecule has 53 heavy (non-hydrogen) atoms. The first-order valence-electron chi connectivity index (χ1n) is 15.2. The van der Waals surface area contributed by atoms with E-state index in [0.29, 0.717) is 5.75 Å². The SMILES string of the molecule is CC(C)(COP(=O)(O)OP(=O)(O)OC[C@@H]1O[C@H](n2cnc3c(N)ncnc32)[C@H](O)[C@@H]1OP(=O)(O)O)[C@H](O)C(=O)NCCC(=O)NCCSC(=O)CCCl. The largest absolute Gasteiger partial charge is 0.481 e. The zero-order chi connectivity index (χ0) is 39.8. The number of carbonyl (C=O) groups is 3. The van der Waals surface area contributed by atoms with Gasteiger partial charge in [-0.25, -0.2) is 28.6 Å². The Hall–Kier alpha value is -2.15. The number of nitrogens with one attached hydrogen (secondary N) is 2. The summed E-state index contributed by atoms with van der Waals surface area (Å²) in [5.41, 5.74) is 4.25. The lowest BCUT2D eigenvalue weighted by Crippen LogP contribution is -2.46. The molecule has 24 nitrogen and oxygen atoms in total. The number of aromatic nitrogens is 4. The monoisotopic (exact) mass is 857 g/mol. The fourth-order valence-electron chi connectivity index (χ4n) is 4.44. The van der Waals surface area contributed by atoms with Gasteiger partial charge in [-0.1, -0.05) is 25.6 Å². The van der Waals surface area contributed by atoms with Crippen molar-refractivity contribution in [3.05, 3.63) is 12.7 Å². The van der Waals surface area contributed by atoms with Crippen LogP contribution in [-0.4, -0.2) is 129 Å². The number of thioether (sulfide) groups is 1. The number of amides is 2. The molecule has 0 radical (unpaired) electrons. The maximum atomic E-state index is 12.6. The topological polar surface area (TPSA) is 364 Å². The molecule has 7 atom stereocenters. The highest BCUT2D eigenvalue weighted by Gasteiger charge is 2.50. The first-order valence-corrected chi connectivity index (χ1v) is 21.2. The minimum Gasteiger partial charge on any atom is -0.386 e. The third-order valence-electron chi connectivity index (χ3n) is 7.06. The number of carbonyl (C=O) groups excluding carboxylic acids is 3. The molecule has 10 N–H and O–H groups in total. The van der Waals surface area contributed by atoms with Gasteiger partial charge in [0.05, 0.1) is 19.5 Å². The zero-order valence-corrected chi connectivity index (χ0v) is 32.1. The van der Waals surface area contributed by atoms with Crippen molar-refractivity contribution < 1.29 is 80.5 Å². The number of alkyl halides is 1. The van der Waals surface area contributed by atoms with Crippen LogP contribution in [0.2, 0.25) is 0 Å². The van der Waals surface area contributed by atoms with E-state index in [4.69, 9.17) is 31.1 Å². The number of nitrogens with zero attached hydrogens (tertiary/aromatic N) is 4. The third kappa shape index (κ3) is 13.8. The van der Waals surface area contributed by atoms with Crippen molar-refractivity contribution in [2.75, 3.05) is 43.7 Å². The number of aliphatic hydroxyl groups is 2. The number of phosphoric acid groups is 3. The molecule has 3 rings (SSSR count). The predicted octanol–water partition coefficient (Wildman–Crippen LogP) is -0.706. The molecule has 2 unspecified atom stereocenters. The van der Waals surface area contributed by atoms with Crippen LogP contribution in [0.15, 0.2) is 12.7 Å². The summed E-state index contributed by atoms with van der Waals surface area (Å²) in [5, 5.41) is 26.1. The number of phosphoric ester groups is 3. The fraction of sp³-hybridized carbons (Fsp3) is 0.667. The van der Waals surface area contributed by atoms with Crippen LogP contribution in [0.3, 0.4) is 0 Å². The number of nitrogen functional groups attached to an aromatic ring is 1. The fourth-order valence-corrected chi connectivity index (χ4v) is 8.24. The second kappa shape index (κ2) is 19.1. The number of hydrogen-bond donors (Lipinski definition) is 9. The van der Waals surface area contributed by atoms with Crippen molar-refractivity contribution >= 4 is 80.7 Å². The van der Waals surface area contributed by atoms with Crippen LogP contribution in [0.5, 0.6) is 0 Å². The number of ether oxygens (including phenoxy) is 1. The van der Waals surface area contributed by atoms with Crippen molar-refractivity contribution in [3.8, 4) is 0 Å². The number of hydrogen-bond acceptors (Lipinski definition) is 18. The lowest BCUT2D eigenvalue weighted by atomic mass is 9.87. The van der Waals surface area contributed by atoms with Gasteiger partial charge in [-0.05, 0) is 0 Å². The quantitative estimate of drug-likeness (QED) is 0.0425. The van der Waals surface area contributed by atoms with Crippen LogP contribution in [0, 0.1) is 5.41 Å². The van der Waals surface area contributed by atoms with Crippen LogP contribution in [0.25, 0.3) is 11.2 Å². The van der Waals surface area contributed by atoms with Crippen molar-refractivity contribution in [3.63, 3.8) is 0 Å². The van der Waals surface area contributed by atoms with E-state index >= 15 is 0 Å². The summed E-state index contributed by atoms with van der Waals surface area (Å²) in [5.74, 6) is -0.964. The Kier molecular flexibility index (Phi) is 16.3. The Morgan fingerprint density at radius 1 is 1.08 bits per heavy atom. The molecule has 0 spiro atoms. The molecule has 2 aromatic rings. The van der Waals surface area contributed by atoms with Gasteiger partial charge in [0.1, 0.15) is 36.3 Å². The van der Waals surface area contributed by atoms with E-state index in [2.05, 4.69) is 34.4 Å². The predicted molar refractivity (Wildman–Crippen MR) is 182 cm³/mol. The minimum atomic E-state index is -5.57. The second-order valence-electron chi connectivity index (χ2n) is 11.7. The van der Waals surface area contributed by atoms with Crippen molar-refractivity contribution in [1.29, 1.82) is 0 Å². The van der Waals surface area contributed by atoms with Crippen LogP contribution >= 0.6 is 46.8 Å². The third-order valence-corrected chi connectivity index (χ3v) is 11.3. The summed E-state index contributed by atoms with van der Waals surface area (Å²) < 4.78 is 61.9. The maximum absolute atomic E-state index is 12.6. The summed E-state index contributed by atoms with van der Waals surface area (Å²) in [6, 6.07) is 0. The number of fused-ring (bicyclic) bond motifs is 1. The maximum Gasteiger partial charge on any atom is 0.481 e. The van der Waals surface area contributed by atoms with Gasteiger partial charge in [-0.15, -0.1) is 11.6 Å². The van der Waals surface area contributed by atoms with Crippen molar-refractivity contribution in [2.45, 2.75) is 57.3 Å².